The van der Waals surface area contributed by atoms with Crippen molar-refractivity contribution in [3.63, 3.8) is 0 Å². The molecule has 1 aliphatic rings. The van der Waals surface area contributed by atoms with Crippen LogP contribution in [0.2, 0.25) is 0 Å². The lowest BCUT2D eigenvalue weighted by Gasteiger charge is -2.33. The van der Waals surface area contributed by atoms with Gasteiger partial charge < -0.3 is 9.64 Å². The molecular weight excluding hydrogens is 238 g/mol. The van der Waals surface area contributed by atoms with Crippen LogP contribution in [0.15, 0.2) is 48.8 Å². The van der Waals surface area contributed by atoms with E-state index in [1.54, 1.807) is 12.4 Å². The van der Waals surface area contributed by atoms with Crippen molar-refractivity contribution in [2.24, 2.45) is 0 Å². The lowest BCUT2D eigenvalue weighted by molar-refractivity contribution is 0.0405. The molecule has 2 heterocycles. The fourth-order valence-electron chi connectivity index (χ4n) is 2.36. The molecule has 4 heteroatoms. The lowest BCUT2D eigenvalue weighted by Crippen LogP contribution is -2.44. The van der Waals surface area contributed by atoms with Crippen LogP contribution in [0.4, 0.5) is 5.95 Å². The third kappa shape index (κ3) is 3.09. The monoisotopic (exact) mass is 255 g/mol. The standard InChI is InChI=1S/C15H17N3O/c1-2-5-13(6-3-1)11-14-12-18(9-10-19-14)15-16-7-4-8-17-15/h1-8,14H,9-12H2/t14-/m1/s1. The third-order valence-corrected chi connectivity index (χ3v) is 3.28. The average Bonchev–Trinajstić information content (AvgIpc) is 2.49. The van der Waals surface area contributed by atoms with Crippen molar-refractivity contribution in [1.29, 1.82) is 0 Å². The van der Waals surface area contributed by atoms with E-state index in [2.05, 4.69) is 39.1 Å². The van der Waals surface area contributed by atoms with E-state index < -0.39 is 0 Å². The van der Waals surface area contributed by atoms with Gasteiger partial charge in [0.1, 0.15) is 0 Å². The van der Waals surface area contributed by atoms with E-state index in [9.17, 15) is 0 Å². The van der Waals surface area contributed by atoms with Gasteiger partial charge in [-0.2, -0.15) is 0 Å². The molecule has 1 atom stereocenters. The Balaban J connectivity index is 1.65. The molecule has 0 unspecified atom stereocenters. The van der Waals surface area contributed by atoms with E-state index in [0.29, 0.717) is 0 Å². The molecule has 1 aromatic heterocycles. The van der Waals surface area contributed by atoms with Crippen molar-refractivity contribution in [3.8, 4) is 0 Å². The van der Waals surface area contributed by atoms with Crippen molar-refractivity contribution < 1.29 is 4.74 Å². The van der Waals surface area contributed by atoms with Crippen LogP contribution in [-0.2, 0) is 11.2 Å². The minimum absolute atomic E-state index is 0.208. The van der Waals surface area contributed by atoms with Gasteiger partial charge in [0.15, 0.2) is 0 Å². The molecule has 0 bridgehead atoms. The molecule has 1 aliphatic heterocycles. The maximum atomic E-state index is 5.84. The van der Waals surface area contributed by atoms with Crippen molar-refractivity contribution in [3.05, 3.63) is 54.4 Å². The van der Waals surface area contributed by atoms with Gasteiger partial charge in [0.05, 0.1) is 12.7 Å². The van der Waals surface area contributed by atoms with E-state index >= 15 is 0 Å². The van der Waals surface area contributed by atoms with E-state index in [1.165, 1.54) is 5.56 Å². The second-order valence-corrected chi connectivity index (χ2v) is 4.68. The van der Waals surface area contributed by atoms with Gasteiger partial charge in [-0.15, -0.1) is 0 Å². The van der Waals surface area contributed by atoms with Crippen molar-refractivity contribution in [2.45, 2.75) is 12.5 Å². The van der Waals surface area contributed by atoms with Gasteiger partial charge in [-0.25, -0.2) is 9.97 Å². The smallest absolute Gasteiger partial charge is 0.225 e. The van der Waals surface area contributed by atoms with Crippen LogP contribution in [-0.4, -0.2) is 35.8 Å². The normalized spacial score (nSPS) is 19.4. The number of anilines is 1. The molecule has 1 aromatic carbocycles. The highest BCUT2D eigenvalue weighted by atomic mass is 16.5. The molecule has 98 valence electrons. The van der Waals surface area contributed by atoms with Gasteiger partial charge in [0.2, 0.25) is 5.95 Å². The molecule has 2 aromatic rings. The summed E-state index contributed by atoms with van der Waals surface area (Å²) in [5.41, 5.74) is 1.31. The highest BCUT2D eigenvalue weighted by molar-refractivity contribution is 5.29. The van der Waals surface area contributed by atoms with Crippen molar-refractivity contribution in [1.82, 2.24) is 9.97 Å². The first-order chi connectivity index (χ1) is 9.42. The average molecular weight is 255 g/mol. The second-order valence-electron chi connectivity index (χ2n) is 4.68. The molecule has 0 spiro atoms. The molecule has 3 rings (SSSR count). The van der Waals surface area contributed by atoms with Crippen LogP contribution in [0.25, 0.3) is 0 Å². The summed E-state index contributed by atoms with van der Waals surface area (Å²) in [6, 6.07) is 12.3. The molecule has 0 aliphatic carbocycles. The Morgan fingerprint density at radius 2 is 1.89 bits per heavy atom. The van der Waals surface area contributed by atoms with Crippen LogP contribution in [0.1, 0.15) is 5.56 Å². The summed E-state index contributed by atoms with van der Waals surface area (Å²) in [4.78, 5) is 10.8. The lowest BCUT2D eigenvalue weighted by atomic mass is 10.1. The predicted octanol–water partition coefficient (Wildman–Crippen LogP) is 1.92. The number of ether oxygens (including phenoxy) is 1. The number of nitrogens with zero attached hydrogens (tertiary/aromatic N) is 3. The summed E-state index contributed by atoms with van der Waals surface area (Å²) in [5.74, 6) is 0.795. The number of benzene rings is 1. The summed E-state index contributed by atoms with van der Waals surface area (Å²) < 4.78 is 5.84. The number of hydrogen-bond donors (Lipinski definition) is 0. The molecule has 19 heavy (non-hydrogen) atoms. The first-order valence-corrected chi connectivity index (χ1v) is 6.59. The molecular formula is C15H17N3O. The Hall–Kier alpha value is -1.94. The quantitative estimate of drug-likeness (QED) is 0.840. The fourth-order valence-corrected chi connectivity index (χ4v) is 2.36. The van der Waals surface area contributed by atoms with Gasteiger partial charge in [-0.3, -0.25) is 0 Å². The largest absolute Gasteiger partial charge is 0.374 e. The molecule has 1 fully saturated rings. The Labute approximate surface area is 113 Å². The zero-order valence-corrected chi connectivity index (χ0v) is 10.8. The molecule has 0 saturated carbocycles. The van der Waals surface area contributed by atoms with Gasteiger partial charge in [-0.05, 0) is 11.6 Å². The molecule has 0 amide bonds. The summed E-state index contributed by atoms with van der Waals surface area (Å²) >= 11 is 0. The molecule has 0 N–H and O–H groups in total. The third-order valence-electron chi connectivity index (χ3n) is 3.28. The Morgan fingerprint density at radius 1 is 1.11 bits per heavy atom. The number of aromatic nitrogens is 2. The van der Waals surface area contributed by atoms with E-state index in [0.717, 1.165) is 32.1 Å². The van der Waals surface area contributed by atoms with Gasteiger partial charge >= 0.3 is 0 Å². The van der Waals surface area contributed by atoms with Crippen LogP contribution < -0.4 is 4.90 Å². The molecule has 0 radical (unpaired) electrons. The minimum Gasteiger partial charge on any atom is -0.374 e. The van der Waals surface area contributed by atoms with Crippen LogP contribution >= 0.6 is 0 Å². The summed E-state index contributed by atoms with van der Waals surface area (Å²) in [6.07, 6.45) is 4.71. The maximum absolute atomic E-state index is 5.84. The summed E-state index contributed by atoms with van der Waals surface area (Å²) in [5, 5.41) is 0. The summed E-state index contributed by atoms with van der Waals surface area (Å²) in [6.45, 7) is 2.43. The van der Waals surface area contributed by atoms with E-state index in [4.69, 9.17) is 4.74 Å². The van der Waals surface area contributed by atoms with Crippen molar-refractivity contribution in [2.75, 3.05) is 24.6 Å². The number of morpholine rings is 1. The summed E-state index contributed by atoms with van der Waals surface area (Å²) in [7, 11) is 0. The van der Waals surface area contributed by atoms with Crippen LogP contribution in [0.3, 0.4) is 0 Å². The Bertz CT molecular complexity index is 503. The zero-order chi connectivity index (χ0) is 12.9. The molecule has 4 nitrogen and oxygen atoms in total. The Kier molecular flexibility index (Phi) is 3.70. The SMILES string of the molecule is c1ccc(C[C@@H]2CN(c3ncccn3)CCO2)cc1. The van der Waals surface area contributed by atoms with Crippen LogP contribution in [0, 0.1) is 0 Å². The van der Waals surface area contributed by atoms with Crippen LogP contribution in [0.5, 0.6) is 0 Å². The fraction of sp³-hybridized carbons (Fsp3) is 0.333. The maximum Gasteiger partial charge on any atom is 0.225 e. The van der Waals surface area contributed by atoms with E-state index in [1.807, 2.05) is 12.1 Å². The first-order valence-electron chi connectivity index (χ1n) is 6.59. The van der Waals surface area contributed by atoms with Gasteiger partial charge in [0.25, 0.3) is 0 Å². The van der Waals surface area contributed by atoms with Crippen molar-refractivity contribution >= 4 is 5.95 Å². The Morgan fingerprint density at radius 3 is 2.68 bits per heavy atom. The number of hydrogen-bond acceptors (Lipinski definition) is 4. The van der Waals surface area contributed by atoms with Gasteiger partial charge in [-0.1, -0.05) is 30.3 Å². The predicted molar refractivity (Wildman–Crippen MR) is 74.1 cm³/mol. The molecule has 1 saturated heterocycles. The highest BCUT2D eigenvalue weighted by Crippen LogP contribution is 2.15. The number of rotatable bonds is 3. The zero-order valence-electron chi connectivity index (χ0n) is 10.8. The highest BCUT2D eigenvalue weighted by Gasteiger charge is 2.22. The second kappa shape index (κ2) is 5.80. The first kappa shape index (κ1) is 12.1. The van der Waals surface area contributed by atoms with E-state index in [-0.39, 0.29) is 6.10 Å². The van der Waals surface area contributed by atoms with Gasteiger partial charge in [0, 0.05) is 31.9 Å². The topological polar surface area (TPSA) is 38.2 Å². The minimum atomic E-state index is 0.208.